The monoisotopic (exact) mass is 914 g/mol. The van der Waals surface area contributed by atoms with Gasteiger partial charge in [0.15, 0.2) is 25.2 Å². The Kier molecular flexibility index (Phi) is 14.0. The van der Waals surface area contributed by atoms with Crippen molar-refractivity contribution in [2.24, 2.45) is 22.7 Å². The van der Waals surface area contributed by atoms with Gasteiger partial charge in [-0.3, -0.25) is 4.79 Å². The number of aliphatic hydroxyl groups is 8. The van der Waals surface area contributed by atoms with Crippen molar-refractivity contribution in [1.82, 2.24) is 0 Å². The molecule has 4 saturated heterocycles. The van der Waals surface area contributed by atoms with Gasteiger partial charge in [-0.25, -0.2) is 0 Å². The van der Waals surface area contributed by atoms with Crippen LogP contribution in [0.15, 0.2) is 11.6 Å². The summed E-state index contributed by atoms with van der Waals surface area (Å²) in [5.41, 5.74) is -4.85. The molecular formula is C46H74O18. The highest BCUT2D eigenvalue weighted by Gasteiger charge is 2.79. The van der Waals surface area contributed by atoms with Crippen molar-refractivity contribution in [3.8, 4) is 0 Å². The number of aliphatic hydroxyl groups excluding tert-OH is 6. The van der Waals surface area contributed by atoms with Gasteiger partial charge in [-0.1, -0.05) is 25.5 Å². The largest absolute Gasteiger partial charge is 0.392 e. The molecule has 0 unspecified atom stereocenters. The third-order valence-electron chi connectivity index (χ3n) is 17.1. The van der Waals surface area contributed by atoms with E-state index in [2.05, 4.69) is 0 Å². The molecule has 4 aliphatic heterocycles. The predicted molar refractivity (Wildman–Crippen MR) is 222 cm³/mol. The van der Waals surface area contributed by atoms with Gasteiger partial charge in [0, 0.05) is 50.0 Å². The third kappa shape index (κ3) is 8.18. The standard InChI is InChI=1S/C46H74O18/c1-20(47)27-14-34(52)46(55)44(27,7)33(51)19-32-43(6)11-10-26(13-25(43)9-12-45(32,46)54)61-35-15-28(48)40(22(3)58-35)62-36-16-29(49)41(23(4)59-36)63-37-17-30(50)42(24(5)60-37)64-38-18-31(56-8)39(53)21(2)57-38/h9,21-24,26-42,48-55H,10-19H2,1-8H3/t21-,22-,23-,24+,26-,27+,28-,29+,30-,31+,32-,33-,34-,35+,36+,37-,38-,39-,40+,41-,42+,43-,44-,45-,46+/m0/s1. The minimum atomic E-state index is -2.09. The minimum Gasteiger partial charge on any atom is -0.392 e. The molecule has 8 rings (SSSR count). The first kappa shape index (κ1) is 49.2. The maximum atomic E-state index is 12.7. The lowest BCUT2D eigenvalue weighted by molar-refractivity contribution is -0.344. The Labute approximate surface area is 375 Å². The van der Waals surface area contributed by atoms with E-state index < -0.39 is 144 Å². The molecule has 64 heavy (non-hydrogen) atoms. The van der Waals surface area contributed by atoms with Crippen LogP contribution in [0.25, 0.3) is 0 Å². The smallest absolute Gasteiger partial charge is 0.161 e. The van der Waals surface area contributed by atoms with Crippen LogP contribution in [0.5, 0.6) is 0 Å². The van der Waals surface area contributed by atoms with Crippen molar-refractivity contribution < 1.29 is 88.3 Å². The SMILES string of the molecule is CO[C@@H]1C[C@H](O[C@H]2[C@@H](O)C[C@H](O[C@@H]3[C@H](O)C[C@@H](O[C@@H]4[C@H](C)O[C@H](O[C@H]5CC[C@@]6(C)C(=CC[C@]7(O)[C@H]6C[C@H](O)[C@]6(C)[C@@H](C(C)=O)C[C@H](O)[C@@]67O)C5)C[C@@H]4O)O[C@H]3C)O[C@@H]2C)O[C@@H](C)[C@@H]1O. The third-order valence-corrected chi connectivity index (χ3v) is 17.1. The van der Waals surface area contributed by atoms with E-state index in [0.717, 1.165) is 5.57 Å². The van der Waals surface area contributed by atoms with Gasteiger partial charge in [0.25, 0.3) is 0 Å². The highest BCUT2D eigenvalue weighted by atomic mass is 16.8. The van der Waals surface area contributed by atoms with Crippen LogP contribution >= 0.6 is 0 Å². The fourth-order valence-electron chi connectivity index (χ4n) is 13.4. The lowest BCUT2D eigenvalue weighted by Gasteiger charge is -2.66. The number of rotatable bonds is 10. The van der Waals surface area contributed by atoms with E-state index in [1.807, 2.05) is 13.0 Å². The summed E-state index contributed by atoms with van der Waals surface area (Å²) in [4.78, 5) is 12.7. The van der Waals surface area contributed by atoms with E-state index in [1.165, 1.54) is 14.0 Å². The van der Waals surface area contributed by atoms with Crippen LogP contribution in [0.1, 0.15) is 113 Å². The number of methoxy groups -OCH3 is 1. The topological polar surface area (TPSA) is 262 Å². The van der Waals surface area contributed by atoms with E-state index in [1.54, 1.807) is 34.6 Å². The lowest BCUT2D eigenvalue weighted by Crippen LogP contribution is -2.78. The van der Waals surface area contributed by atoms with E-state index in [-0.39, 0.29) is 56.8 Å². The minimum absolute atomic E-state index is 0.0257. The molecule has 0 radical (unpaired) electrons. The van der Waals surface area contributed by atoms with Crippen molar-refractivity contribution in [2.75, 3.05) is 7.11 Å². The summed E-state index contributed by atoms with van der Waals surface area (Å²) in [5.74, 6) is -1.60. The molecule has 7 fully saturated rings. The average Bonchev–Trinajstić information content (AvgIpc) is 3.45. The molecule has 8 N–H and O–H groups in total. The maximum absolute atomic E-state index is 12.7. The quantitative estimate of drug-likeness (QED) is 0.141. The Hall–Kier alpha value is -1.27. The van der Waals surface area contributed by atoms with Crippen LogP contribution in [0, 0.1) is 22.7 Å². The molecule has 3 saturated carbocycles. The maximum Gasteiger partial charge on any atom is 0.161 e. The molecule has 18 heteroatoms. The Balaban J connectivity index is 0.819. The highest BCUT2D eigenvalue weighted by Crippen LogP contribution is 2.69. The van der Waals surface area contributed by atoms with Gasteiger partial charge < -0.3 is 83.5 Å². The van der Waals surface area contributed by atoms with Gasteiger partial charge in [0.1, 0.15) is 41.4 Å². The van der Waals surface area contributed by atoms with Crippen LogP contribution in [0.4, 0.5) is 0 Å². The Morgan fingerprint density at radius 1 is 0.672 bits per heavy atom. The summed E-state index contributed by atoms with van der Waals surface area (Å²) < 4.78 is 54.7. The molecule has 18 nitrogen and oxygen atoms in total. The van der Waals surface area contributed by atoms with Crippen LogP contribution in [-0.2, 0) is 47.4 Å². The number of hydrogen-bond donors (Lipinski definition) is 8. The Bertz CT molecular complexity index is 1670. The van der Waals surface area contributed by atoms with Crippen molar-refractivity contribution in [3.05, 3.63) is 11.6 Å². The number of Topliss-reactive ketones (excluding diaryl/α,β-unsaturated/α-hetero) is 1. The molecule has 25 atom stereocenters. The fourth-order valence-corrected chi connectivity index (χ4v) is 13.4. The Morgan fingerprint density at radius 3 is 1.64 bits per heavy atom. The Morgan fingerprint density at radius 2 is 1.16 bits per heavy atom. The van der Waals surface area contributed by atoms with Gasteiger partial charge in [-0.05, 0) is 78.6 Å². The van der Waals surface area contributed by atoms with Gasteiger partial charge in [0.2, 0.25) is 0 Å². The molecule has 0 bridgehead atoms. The summed E-state index contributed by atoms with van der Waals surface area (Å²) >= 11 is 0. The summed E-state index contributed by atoms with van der Waals surface area (Å²) in [6.07, 6.45) is -10.5. The zero-order valence-corrected chi connectivity index (χ0v) is 38.4. The first-order valence-electron chi connectivity index (χ1n) is 23.5. The van der Waals surface area contributed by atoms with Crippen LogP contribution in [-0.4, -0.2) is 182 Å². The van der Waals surface area contributed by atoms with Gasteiger partial charge >= 0.3 is 0 Å². The second-order valence-corrected chi connectivity index (χ2v) is 20.8. The first-order valence-corrected chi connectivity index (χ1v) is 23.5. The second-order valence-electron chi connectivity index (χ2n) is 20.8. The molecule has 4 aliphatic carbocycles. The molecule has 0 aromatic carbocycles. The molecule has 0 spiro atoms. The molecule has 0 aromatic rings. The van der Waals surface area contributed by atoms with E-state index in [9.17, 15) is 45.6 Å². The molecule has 366 valence electrons. The summed E-state index contributed by atoms with van der Waals surface area (Å²) in [6.45, 7) is 12.1. The van der Waals surface area contributed by atoms with Crippen molar-refractivity contribution in [2.45, 2.75) is 241 Å². The number of hydrogen-bond acceptors (Lipinski definition) is 18. The molecule has 4 heterocycles. The number of fused-ring (bicyclic) bond motifs is 5. The van der Waals surface area contributed by atoms with E-state index in [4.69, 9.17) is 42.6 Å². The van der Waals surface area contributed by atoms with Gasteiger partial charge in [0.05, 0.1) is 67.1 Å². The van der Waals surface area contributed by atoms with E-state index in [0.29, 0.717) is 19.3 Å². The van der Waals surface area contributed by atoms with Crippen molar-refractivity contribution in [3.63, 3.8) is 0 Å². The van der Waals surface area contributed by atoms with Gasteiger partial charge in [-0.15, -0.1) is 0 Å². The zero-order chi connectivity index (χ0) is 46.4. The molecule has 0 aromatic heterocycles. The molecule has 8 aliphatic rings. The lowest BCUT2D eigenvalue weighted by atomic mass is 9.42. The summed E-state index contributed by atoms with van der Waals surface area (Å²) in [5, 5.41) is 91.8. The number of ketones is 1. The van der Waals surface area contributed by atoms with Crippen LogP contribution in [0.3, 0.4) is 0 Å². The van der Waals surface area contributed by atoms with Gasteiger partial charge in [-0.2, -0.15) is 0 Å². The number of ether oxygens (including phenoxy) is 9. The summed E-state index contributed by atoms with van der Waals surface area (Å²) in [6, 6.07) is 0. The summed E-state index contributed by atoms with van der Waals surface area (Å²) in [7, 11) is 1.51. The zero-order valence-electron chi connectivity index (χ0n) is 38.4. The highest BCUT2D eigenvalue weighted by molar-refractivity contribution is 5.80. The normalized spacial score (nSPS) is 55.5. The number of carbonyl (C=O) groups excluding carboxylic acids is 1. The van der Waals surface area contributed by atoms with E-state index >= 15 is 0 Å². The van der Waals surface area contributed by atoms with Crippen molar-refractivity contribution in [1.29, 1.82) is 0 Å². The fraction of sp³-hybridized carbons (Fsp3) is 0.935. The number of carbonyl (C=O) groups is 1. The van der Waals surface area contributed by atoms with Crippen LogP contribution in [0.2, 0.25) is 0 Å². The molecular weight excluding hydrogens is 840 g/mol. The first-order chi connectivity index (χ1) is 30.0. The predicted octanol–water partition coefficient (Wildman–Crippen LogP) is 0.865. The average molecular weight is 915 g/mol. The second kappa shape index (κ2) is 18.2. The van der Waals surface area contributed by atoms with Crippen molar-refractivity contribution >= 4 is 5.78 Å². The molecule has 0 amide bonds. The van der Waals surface area contributed by atoms with Crippen LogP contribution < -0.4 is 0 Å².